The molecule has 1 aromatic heterocycles. The topological polar surface area (TPSA) is 79.4 Å². The number of nitrogens with one attached hydrogen (secondary N) is 1. The molecular formula is C20H23N3O3S. The van der Waals surface area contributed by atoms with Gasteiger partial charge in [-0.25, -0.2) is 13.2 Å². The van der Waals surface area contributed by atoms with Gasteiger partial charge in [-0.05, 0) is 31.4 Å². The van der Waals surface area contributed by atoms with Gasteiger partial charge >= 0.3 is 6.03 Å². The molecule has 7 heteroatoms. The lowest BCUT2D eigenvalue weighted by atomic mass is 9.80. The average Bonchev–Trinajstić information content (AvgIpc) is 2.96. The predicted octanol–water partition coefficient (Wildman–Crippen LogP) is 3.18. The number of nitrogens with zero attached hydrogens (tertiary/aromatic N) is 2. The highest BCUT2D eigenvalue weighted by Crippen LogP contribution is 2.40. The number of carbonyl (C=O) groups excluding carboxylic acids is 1. The van der Waals surface area contributed by atoms with Crippen LogP contribution in [0.5, 0.6) is 0 Å². The molecule has 142 valence electrons. The summed E-state index contributed by atoms with van der Waals surface area (Å²) in [5.74, 6) is 0.440. The van der Waals surface area contributed by atoms with Crippen LogP contribution < -0.4 is 5.32 Å². The third kappa shape index (κ3) is 3.83. The van der Waals surface area contributed by atoms with Gasteiger partial charge in [0, 0.05) is 30.3 Å². The van der Waals surface area contributed by atoms with Crippen molar-refractivity contribution in [1.29, 1.82) is 0 Å². The number of aromatic nitrogens is 1. The summed E-state index contributed by atoms with van der Waals surface area (Å²) in [6.45, 7) is 1.15. The number of urea groups is 1. The Labute approximate surface area is 159 Å². The fourth-order valence-electron chi connectivity index (χ4n) is 4.21. The van der Waals surface area contributed by atoms with Crippen molar-refractivity contribution in [2.45, 2.75) is 19.3 Å². The summed E-state index contributed by atoms with van der Waals surface area (Å²) in [4.78, 5) is 19.1. The van der Waals surface area contributed by atoms with E-state index >= 15 is 0 Å². The number of pyridine rings is 1. The van der Waals surface area contributed by atoms with Crippen molar-refractivity contribution in [2.75, 3.05) is 29.9 Å². The molecule has 2 aliphatic rings. The minimum atomic E-state index is -2.97. The van der Waals surface area contributed by atoms with Crippen molar-refractivity contribution < 1.29 is 13.2 Å². The van der Waals surface area contributed by atoms with Gasteiger partial charge in [-0.1, -0.05) is 30.3 Å². The van der Waals surface area contributed by atoms with Gasteiger partial charge in [0.2, 0.25) is 0 Å². The fourth-order valence-corrected chi connectivity index (χ4v) is 6.41. The number of carbonyl (C=O) groups is 1. The first-order valence-corrected chi connectivity index (χ1v) is 11.1. The summed E-state index contributed by atoms with van der Waals surface area (Å²) in [5, 5.41) is 2.98. The third-order valence-corrected chi connectivity index (χ3v) is 7.39. The fraction of sp³-hybridized carbons (Fsp3) is 0.400. The quantitative estimate of drug-likeness (QED) is 0.861. The SMILES string of the molecule is O=C(Nc1cccnc1-c1ccccc1)N1CCC[C@@]2(CCS(=O)(=O)C2)C1. The van der Waals surface area contributed by atoms with Crippen LogP contribution in [0.4, 0.5) is 10.5 Å². The molecule has 0 saturated carbocycles. The minimum Gasteiger partial charge on any atom is -0.324 e. The molecule has 2 aliphatic heterocycles. The predicted molar refractivity (Wildman–Crippen MR) is 105 cm³/mol. The molecule has 1 N–H and O–H groups in total. The molecule has 0 bridgehead atoms. The van der Waals surface area contributed by atoms with Gasteiger partial charge in [-0.3, -0.25) is 4.98 Å². The second-order valence-electron chi connectivity index (χ2n) is 7.56. The van der Waals surface area contributed by atoms with Gasteiger partial charge in [-0.2, -0.15) is 0 Å². The van der Waals surface area contributed by atoms with Gasteiger partial charge in [-0.15, -0.1) is 0 Å². The van der Waals surface area contributed by atoms with E-state index in [0.717, 1.165) is 24.1 Å². The van der Waals surface area contributed by atoms with E-state index in [9.17, 15) is 13.2 Å². The smallest absolute Gasteiger partial charge is 0.321 e. The first-order valence-electron chi connectivity index (χ1n) is 9.23. The maximum atomic E-state index is 12.9. The van der Waals surface area contributed by atoms with Crippen LogP contribution in [0.25, 0.3) is 11.3 Å². The molecule has 3 heterocycles. The summed E-state index contributed by atoms with van der Waals surface area (Å²) in [5.41, 5.74) is 2.05. The summed E-state index contributed by atoms with van der Waals surface area (Å²) >= 11 is 0. The number of piperidine rings is 1. The van der Waals surface area contributed by atoms with Gasteiger partial charge in [0.05, 0.1) is 22.9 Å². The van der Waals surface area contributed by atoms with Crippen LogP contribution in [0.1, 0.15) is 19.3 Å². The zero-order valence-electron chi connectivity index (χ0n) is 15.1. The van der Waals surface area contributed by atoms with Gasteiger partial charge in [0.1, 0.15) is 0 Å². The molecule has 0 unspecified atom stereocenters. The maximum absolute atomic E-state index is 12.9. The summed E-state index contributed by atoms with van der Waals surface area (Å²) in [7, 11) is -2.97. The number of rotatable bonds is 2. The zero-order chi connectivity index (χ0) is 18.9. The Balaban J connectivity index is 1.52. The first kappa shape index (κ1) is 18.0. The Morgan fingerprint density at radius 3 is 2.67 bits per heavy atom. The van der Waals surface area contributed by atoms with Crippen LogP contribution in [-0.4, -0.2) is 48.9 Å². The highest BCUT2D eigenvalue weighted by Gasteiger charge is 2.45. The van der Waals surface area contributed by atoms with Gasteiger partial charge in [0.15, 0.2) is 9.84 Å². The van der Waals surface area contributed by atoms with Gasteiger partial charge < -0.3 is 10.2 Å². The Hall–Kier alpha value is -2.41. The zero-order valence-corrected chi connectivity index (χ0v) is 15.9. The molecule has 1 spiro atoms. The lowest BCUT2D eigenvalue weighted by Crippen LogP contribution is -2.48. The molecule has 0 radical (unpaired) electrons. The highest BCUT2D eigenvalue weighted by atomic mass is 32.2. The molecule has 1 aromatic carbocycles. The van der Waals surface area contributed by atoms with Crippen LogP contribution in [-0.2, 0) is 9.84 Å². The molecule has 6 nitrogen and oxygen atoms in total. The Morgan fingerprint density at radius 1 is 1.11 bits per heavy atom. The monoisotopic (exact) mass is 385 g/mol. The Morgan fingerprint density at radius 2 is 1.93 bits per heavy atom. The van der Waals surface area contributed by atoms with E-state index in [1.807, 2.05) is 36.4 Å². The molecule has 27 heavy (non-hydrogen) atoms. The van der Waals surface area contributed by atoms with Crippen molar-refractivity contribution >= 4 is 21.6 Å². The third-order valence-electron chi connectivity index (χ3n) is 5.51. The molecular weight excluding hydrogens is 362 g/mol. The van der Waals surface area contributed by atoms with Gasteiger partial charge in [0.25, 0.3) is 0 Å². The Bertz CT molecular complexity index is 946. The van der Waals surface area contributed by atoms with Crippen LogP contribution in [0.2, 0.25) is 0 Å². The van der Waals surface area contributed by atoms with Crippen molar-refractivity contribution in [3.63, 3.8) is 0 Å². The molecule has 1 atom stereocenters. The second-order valence-corrected chi connectivity index (χ2v) is 9.75. The summed E-state index contributed by atoms with van der Waals surface area (Å²) in [6, 6.07) is 13.2. The second kappa shape index (κ2) is 6.96. The van der Waals surface area contributed by atoms with E-state index in [4.69, 9.17) is 0 Å². The van der Waals surface area contributed by atoms with E-state index < -0.39 is 9.84 Å². The normalized spacial score (nSPS) is 24.1. The highest BCUT2D eigenvalue weighted by molar-refractivity contribution is 7.91. The van der Waals surface area contributed by atoms with Crippen LogP contribution in [0.3, 0.4) is 0 Å². The van der Waals surface area contributed by atoms with Crippen LogP contribution >= 0.6 is 0 Å². The largest absolute Gasteiger partial charge is 0.324 e. The number of sulfone groups is 1. The number of benzene rings is 1. The van der Waals surface area contributed by atoms with Crippen LogP contribution in [0, 0.1) is 5.41 Å². The van der Waals surface area contributed by atoms with Crippen molar-refractivity contribution in [2.24, 2.45) is 5.41 Å². The summed E-state index contributed by atoms with van der Waals surface area (Å²) < 4.78 is 23.9. The number of hydrogen-bond acceptors (Lipinski definition) is 4. The van der Waals surface area contributed by atoms with E-state index in [1.54, 1.807) is 17.2 Å². The molecule has 2 saturated heterocycles. The lowest BCUT2D eigenvalue weighted by Gasteiger charge is -2.39. The van der Waals surface area contributed by atoms with Crippen molar-refractivity contribution in [1.82, 2.24) is 9.88 Å². The lowest BCUT2D eigenvalue weighted by molar-refractivity contribution is 0.130. The van der Waals surface area contributed by atoms with E-state index in [2.05, 4.69) is 10.3 Å². The maximum Gasteiger partial charge on any atom is 0.321 e. The van der Waals surface area contributed by atoms with Crippen LogP contribution in [0.15, 0.2) is 48.7 Å². The number of hydrogen-bond donors (Lipinski definition) is 1. The molecule has 0 aliphatic carbocycles. The van der Waals surface area contributed by atoms with E-state index in [0.29, 0.717) is 25.2 Å². The molecule has 4 rings (SSSR count). The molecule has 2 amide bonds. The van der Waals surface area contributed by atoms with E-state index in [-0.39, 0.29) is 23.0 Å². The minimum absolute atomic E-state index is 0.191. The van der Waals surface area contributed by atoms with Crippen molar-refractivity contribution in [3.05, 3.63) is 48.7 Å². The number of anilines is 1. The molecule has 2 fully saturated rings. The van der Waals surface area contributed by atoms with E-state index in [1.165, 1.54) is 0 Å². The first-order chi connectivity index (χ1) is 13.0. The van der Waals surface area contributed by atoms with Crippen molar-refractivity contribution in [3.8, 4) is 11.3 Å². The average molecular weight is 385 g/mol. The Kier molecular flexibility index (Phi) is 4.63. The summed E-state index contributed by atoms with van der Waals surface area (Å²) in [6.07, 6.45) is 4.07. The number of amides is 2. The standard InChI is InChI=1S/C20H23N3O3S/c24-19(23-12-5-9-20(14-23)10-13-27(25,26)15-20)22-17-8-4-11-21-18(17)16-6-2-1-3-7-16/h1-4,6-8,11H,5,9-10,12-15H2,(H,22,24)/t20-/m1/s1. The number of likely N-dealkylation sites (tertiary alicyclic amines) is 1. The molecule has 2 aromatic rings.